The van der Waals surface area contributed by atoms with Crippen LogP contribution >= 0.6 is 0 Å². The molecule has 0 aliphatic rings. The van der Waals surface area contributed by atoms with Gasteiger partial charge in [0.1, 0.15) is 0 Å². The lowest BCUT2D eigenvalue weighted by molar-refractivity contribution is -0.138. The molecule has 0 bridgehead atoms. The number of carboxylic acid groups (broad SMARTS) is 1. The molecule has 1 atom stereocenters. The summed E-state index contributed by atoms with van der Waals surface area (Å²) in [5, 5.41) is 13.7. The number of aryl methyl sites for hydroxylation is 2. The zero-order valence-electron chi connectivity index (χ0n) is 12.3. The maximum absolute atomic E-state index is 11.2. The van der Waals surface area contributed by atoms with Gasteiger partial charge in [-0.1, -0.05) is 24.3 Å². The zero-order chi connectivity index (χ0) is 14.9. The minimum absolute atomic E-state index is 0.527. The SMILES string of the molecule is Cc1ccccc1Cn1nc(C)c(C(C)C(=O)O)c1C. The Morgan fingerprint density at radius 2 is 1.95 bits per heavy atom. The molecule has 0 radical (unpaired) electrons. The van der Waals surface area contributed by atoms with Crippen molar-refractivity contribution in [1.29, 1.82) is 0 Å². The molecular formula is C16H20N2O2. The number of benzene rings is 1. The van der Waals surface area contributed by atoms with Crippen LogP contribution in [-0.4, -0.2) is 20.9 Å². The molecule has 0 aliphatic carbocycles. The largest absolute Gasteiger partial charge is 0.481 e. The average molecular weight is 272 g/mol. The number of aromatic nitrogens is 2. The first-order valence-corrected chi connectivity index (χ1v) is 6.73. The van der Waals surface area contributed by atoms with E-state index in [1.165, 1.54) is 11.1 Å². The fourth-order valence-electron chi connectivity index (χ4n) is 2.56. The summed E-state index contributed by atoms with van der Waals surface area (Å²) in [7, 11) is 0. The maximum atomic E-state index is 11.2. The Bertz CT molecular complexity index is 644. The molecule has 106 valence electrons. The van der Waals surface area contributed by atoms with E-state index in [1.807, 2.05) is 30.7 Å². The summed E-state index contributed by atoms with van der Waals surface area (Å²) in [5.74, 6) is -1.34. The second-order valence-corrected chi connectivity index (χ2v) is 5.23. The highest BCUT2D eigenvalue weighted by Gasteiger charge is 2.22. The van der Waals surface area contributed by atoms with Crippen LogP contribution in [0.3, 0.4) is 0 Å². The Balaban J connectivity index is 2.38. The Kier molecular flexibility index (Phi) is 3.93. The van der Waals surface area contributed by atoms with Crippen LogP contribution in [-0.2, 0) is 11.3 Å². The Labute approximate surface area is 119 Å². The van der Waals surface area contributed by atoms with Crippen LogP contribution < -0.4 is 0 Å². The summed E-state index contributed by atoms with van der Waals surface area (Å²) in [5.41, 5.74) is 4.97. The van der Waals surface area contributed by atoms with Crippen LogP contribution in [0, 0.1) is 20.8 Å². The van der Waals surface area contributed by atoms with Crippen molar-refractivity contribution in [2.45, 2.75) is 40.2 Å². The first-order valence-electron chi connectivity index (χ1n) is 6.73. The fraction of sp³-hybridized carbons (Fsp3) is 0.375. The topological polar surface area (TPSA) is 55.1 Å². The van der Waals surface area contributed by atoms with Gasteiger partial charge >= 0.3 is 5.97 Å². The van der Waals surface area contributed by atoms with Crippen molar-refractivity contribution >= 4 is 5.97 Å². The number of carboxylic acids is 1. The van der Waals surface area contributed by atoms with Gasteiger partial charge in [0.2, 0.25) is 0 Å². The summed E-state index contributed by atoms with van der Waals surface area (Å²) in [6.45, 7) is 8.26. The molecule has 0 amide bonds. The number of hydrogen-bond acceptors (Lipinski definition) is 2. The summed E-state index contributed by atoms with van der Waals surface area (Å²) in [6, 6.07) is 8.17. The third kappa shape index (κ3) is 2.59. The number of aliphatic carboxylic acids is 1. The van der Waals surface area contributed by atoms with Crippen LogP contribution in [0.15, 0.2) is 24.3 Å². The van der Waals surface area contributed by atoms with Crippen LogP contribution in [0.5, 0.6) is 0 Å². The van der Waals surface area contributed by atoms with E-state index in [9.17, 15) is 9.90 Å². The lowest BCUT2D eigenvalue weighted by atomic mass is 9.99. The number of hydrogen-bond donors (Lipinski definition) is 1. The zero-order valence-corrected chi connectivity index (χ0v) is 12.3. The highest BCUT2D eigenvalue weighted by molar-refractivity contribution is 5.76. The van der Waals surface area contributed by atoms with Crippen molar-refractivity contribution < 1.29 is 9.90 Å². The van der Waals surface area contributed by atoms with Gasteiger partial charge in [-0.3, -0.25) is 9.48 Å². The molecule has 4 heteroatoms. The van der Waals surface area contributed by atoms with Gasteiger partial charge in [-0.15, -0.1) is 0 Å². The van der Waals surface area contributed by atoms with Crippen LogP contribution in [0.25, 0.3) is 0 Å². The van der Waals surface area contributed by atoms with E-state index in [0.717, 1.165) is 17.0 Å². The number of nitrogens with zero attached hydrogens (tertiary/aromatic N) is 2. The first-order chi connectivity index (χ1) is 9.41. The second-order valence-electron chi connectivity index (χ2n) is 5.23. The quantitative estimate of drug-likeness (QED) is 0.930. The van der Waals surface area contributed by atoms with Crippen molar-refractivity contribution in [3.63, 3.8) is 0 Å². The molecule has 2 aromatic rings. The van der Waals surface area contributed by atoms with Crippen molar-refractivity contribution in [3.05, 3.63) is 52.3 Å². The van der Waals surface area contributed by atoms with Gasteiger partial charge in [-0.2, -0.15) is 5.10 Å². The van der Waals surface area contributed by atoms with Crippen LogP contribution in [0.2, 0.25) is 0 Å². The minimum atomic E-state index is -0.813. The summed E-state index contributed by atoms with van der Waals surface area (Å²) >= 11 is 0. The van der Waals surface area contributed by atoms with Gasteiger partial charge in [-0.05, 0) is 38.8 Å². The van der Waals surface area contributed by atoms with Gasteiger partial charge in [0.25, 0.3) is 0 Å². The number of rotatable bonds is 4. The molecule has 1 unspecified atom stereocenters. The molecule has 20 heavy (non-hydrogen) atoms. The Morgan fingerprint density at radius 1 is 1.30 bits per heavy atom. The molecule has 0 fully saturated rings. The van der Waals surface area contributed by atoms with Gasteiger partial charge in [-0.25, -0.2) is 0 Å². The normalized spacial score (nSPS) is 12.4. The monoisotopic (exact) mass is 272 g/mol. The van der Waals surface area contributed by atoms with Crippen molar-refractivity contribution in [2.24, 2.45) is 0 Å². The molecule has 1 heterocycles. The molecule has 2 rings (SSSR count). The molecule has 4 nitrogen and oxygen atoms in total. The molecule has 1 aromatic heterocycles. The average Bonchev–Trinajstić information content (AvgIpc) is 2.66. The highest BCUT2D eigenvalue weighted by atomic mass is 16.4. The minimum Gasteiger partial charge on any atom is -0.481 e. The van der Waals surface area contributed by atoms with Gasteiger partial charge < -0.3 is 5.11 Å². The predicted octanol–water partition coefficient (Wildman–Crippen LogP) is 3.04. The third-order valence-corrected chi connectivity index (χ3v) is 3.82. The van der Waals surface area contributed by atoms with Crippen molar-refractivity contribution in [2.75, 3.05) is 0 Å². The Hall–Kier alpha value is -2.10. The molecular weight excluding hydrogens is 252 g/mol. The van der Waals surface area contributed by atoms with Gasteiger partial charge in [0.05, 0.1) is 18.2 Å². The highest BCUT2D eigenvalue weighted by Crippen LogP contribution is 2.24. The van der Waals surface area contributed by atoms with Crippen molar-refractivity contribution in [3.8, 4) is 0 Å². The van der Waals surface area contributed by atoms with E-state index >= 15 is 0 Å². The Morgan fingerprint density at radius 3 is 2.55 bits per heavy atom. The molecule has 0 spiro atoms. The smallest absolute Gasteiger partial charge is 0.310 e. The second kappa shape index (κ2) is 5.49. The summed E-state index contributed by atoms with van der Waals surface area (Å²) in [6.07, 6.45) is 0. The van der Waals surface area contributed by atoms with Crippen molar-refractivity contribution in [1.82, 2.24) is 9.78 Å². The van der Waals surface area contributed by atoms with E-state index in [4.69, 9.17) is 0 Å². The molecule has 0 saturated carbocycles. The third-order valence-electron chi connectivity index (χ3n) is 3.82. The van der Waals surface area contributed by atoms with Crippen LogP contribution in [0.4, 0.5) is 0 Å². The van der Waals surface area contributed by atoms with E-state index < -0.39 is 11.9 Å². The molecule has 1 N–H and O–H groups in total. The predicted molar refractivity (Wildman–Crippen MR) is 78.0 cm³/mol. The van der Waals surface area contributed by atoms with Gasteiger partial charge in [0, 0.05) is 11.3 Å². The van der Waals surface area contributed by atoms with E-state index in [0.29, 0.717) is 6.54 Å². The number of carbonyl (C=O) groups is 1. The standard InChI is InChI=1S/C16H20N2O2/c1-10-7-5-6-8-14(10)9-18-13(4)15(12(3)17-18)11(2)16(19)20/h5-8,11H,9H2,1-4H3,(H,19,20). The van der Waals surface area contributed by atoms with Crippen LogP contribution in [0.1, 0.15) is 40.9 Å². The first kappa shape index (κ1) is 14.3. The van der Waals surface area contributed by atoms with E-state index in [2.05, 4.69) is 24.2 Å². The molecule has 0 saturated heterocycles. The lowest BCUT2D eigenvalue weighted by Crippen LogP contribution is -2.10. The lowest BCUT2D eigenvalue weighted by Gasteiger charge is -2.10. The fourth-order valence-corrected chi connectivity index (χ4v) is 2.56. The maximum Gasteiger partial charge on any atom is 0.310 e. The molecule has 0 aliphatic heterocycles. The summed E-state index contributed by atoms with van der Waals surface area (Å²) in [4.78, 5) is 11.2. The van der Waals surface area contributed by atoms with E-state index in [1.54, 1.807) is 6.92 Å². The molecule has 1 aromatic carbocycles. The summed E-state index contributed by atoms with van der Waals surface area (Å²) < 4.78 is 1.90. The van der Waals surface area contributed by atoms with E-state index in [-0.39, 0.29) is 0 Å². The van der Waals surface area contributed by atoms with Gasteiger partial charge in [0.15, 0.2) is 0 Å².